The topological polar surface area (TPSA) is 43.8 Å². The molecule has 1 aromatic heterocycles. The first-order valence-electron chi connectivity index (χ1n) is 6.11. The monoisotopic (exact) mass is 227 g/mol. The normalized spacial score (nSPS) is 22.7. The van der Waals surface area contributed by atoms with Crippen LogP contribution in [-0.2, 0) is 7.05 Å². The summed E-state index contributed by atoms with van der Waals surface area (Å²) >= 11 is 0. The molecule has 0 spiro atoms. The van der Waals surface area contributed by atoms with Crippen LogP contribution in [0.25, 0.3) is 17.0 Å². The van der Waals surface area contributed by atoms with E-state index in [-0.39, 0.29) is 0 Å². The summed E-state index contributed by atoms with van der Waals surface area (Å²) < 4.78 is 1.94. The van der Waals surface area contributed by atoms with Crippen LogP contribution in [0.15, 0.2) is 29.8 Å². The largest absolute Gasteiger partial charge is 0.327 e. The summed E-state index contributed by atoms with van der Waals surface area (Å²) in [7, 11) is 1.99. The maximum atomic E-state index is 5.93. The number of nitrogens with two attached hydrogens (primary N) is 1. The van der Waals surface area contributed by atoms with Gasteiger partial charge in [0, 0.05) is 18.5 Å². The number of nitrogens with zero attached hydrogens (tertiary/aromatic N) is 2. The molecule has 3 nitrogen and oxygen atoms in total. The van der Waals surface area contributed by atoms with Crippen molar-refractivity contribution in [3.05, 3.63) is 35.5 Å². The zero-order valence-corrected chi connectivity index (χ0v) is 10.1. The first kappa shape index (κ1) is 10.5. The van der Waals surface area contributed by atoms with Gasteiger partial charge in [0.2, 0.25) is 0 Å². The molecule has 0 aliphatic heterocycles. The molecule has 1 saturated carbocycles. The SMILES string of the molecule is Cn1nc(/C=C2/CCC(N)C2)c2ccccc21. The number of benzene rings is 1. The summed E-state index contributed by atoms with van der Waals surface area (Å²) in [6, 6.07) is 8.68. The fourth-order valence-electron chi connectivity index (χ4n) is 2.58. The highest BCUT2D eigenvalue weighted by molar-refractivity contribution is 5.87. The van der Waals surface area contributed by atoms with Crippen molar-refractivity contribution in [3.63, 3.8) is 0 Å². The molecule has 1 fully saturated rings. The van der Waals surface area contributed by atoms with Crippen LogP contribution in [0.1, 0.15) is 25.0 Å². The number of para-hydroxylation sites is 1. The minimum Gasteiger partial charge on any atom is -0.327 e. The lowest BCUT2D eigenvalue weighted by Gasteiger charge is -1.96. The van der Waals surface area contributed by atoms with Gasteiger partial charge in [-0.2, -0.15) is 5.10 Å². The third-order valence-corrected chi connectivity index (χ3v) is 3.49. The quantitative estimate of drug-likeness (QED) is 0.813. The van der Waals surface area contributed by atoms with E-state index in [0.29, 0.717) is 6.04 Å². The second kappa shape index (κ2) is 4.00. The molecule has 1 atom stereocenters. The molecule has 88 valence electrons. The summed E-state index contributed by atoms with van der Waals surface area (Å²) in [4.78, 5) is 0. The number of aromatic nitrogens is 2. The minimum atomic E-state index is 0.344. The summed E-state index contributed by atoms with van der Waals surface area (Å²) in [5.41, 5.74) is 9.62. The van der Waals surface area contributed by atoms with Crippen molar-refractivity contribution in [2.75, 3.05) is 0 Å². The highest BCUT2D eigenvalue weighted by atomic mass is 15.3. The van der Waals surface area contributed by atoms with Gasteiger partial charge in [-0.3, -0.25) is 4.68 Å². The van der Waals surface area contributed by atoms with Gasteiger partial charge in [-0.1, -0.05) is 23.8 Å². The van der Waals surface area contributed by atoms with E-state index in [1.807, 2.05) is 17.8 Å². The predicted molar refractivity (Wildman–Crippen MR) is 70.5 cm³/mol. The first-order valence-corrected chi connectivity index (χ1v) is 6.11. The van der Waals surface area contributed by atoms with Crippen LogP contribution in [0, 0.1) is 0 Å². The Morgan fingerprint density at radius 3 is 3.00 bits per heavy atom. The molecule has 17 heavy (non-hydrogen) atoms. The van der Waals surface area contributed by atoms with Gasteiger partial charge in [-0.05, 0) is 31.4 Å². The molecule has 3 rings (SSSR count). The number of fused-ring (bicyclic) bond motifs is 1. The molecule has 0 saturated heterocycles. The van der Waals surface area contributed by atoms with Crippen molar-refractivity contribution in [1.82, 2.24) is 9.78 Å². The lowest BCUT2D eigenvalue weighted by atomic mass is 10.1. The maximum absolute atomic E-state index is 5.93. The average Bonchev–Trinajstić information content (AvgIpc) is 2.86. The van der Waals surface area contributed by atoms with Crippen LogP contribution < -0.4 is 5.73 Å². The van der Waals surface area contributed by atoms with Gasteiger partial charge in [-0.15, -0.1) is 0 Å². The molecule has 0 bridgehead atoms. The van der Waals surface area contributed by atoms with E-state index in [9.17, 15) is 0 Å². The van der Waals surface area contributed by atoms with E-state index in [1.165, 1.54) is 16.5 Å². The standard InChI is InChI=1S/C14H17N3/c1-17-14-5-3-2-4-12(14)13(16-17)9-10-6-7-11(15)8-10/h2-5,9,11H,6-8,15H2,1H3/b10-9-. The molecule has 1 heterocycles. The zero-order chi connectivity index (χ0) is 11.8. The van der Waals surface area contributed by atoms with Crippen LogP contribution in [0.3, 0.4) is 0 Å². The molecular weight excluding hydrogens is 210 g/mol. The second-order valence-corrected chi connectivity index (χ2v) is 4.83. The number of hydrogen-bond donors (Lipinski definition) is 1. The number of rotatable bonds is 1. The van der Waals surface area contributed by atoms with E-state index < -0.39 is 0 Å². The van der Waals surface area contributed by atoms with Gasteiger partial charge in [0.15, 0.2) is 0 Å². The van der Waals surface area contributed by atoms with Crippen molar-refractivity contribution >= 4 is 17.0 Å². The molecule has 3 heteroatoms. The minimum absolute atomic E-state index is 0.344. The Bertz CT molecular complexity index is 580. The lowest BCUT2D eigenvalue weighted by molar-refractivity contribution is 0.711. The molecule has 2 N–H and O–H groups in total. The number of aryl methyl sites for hydroxylation is 1. The van der Waals surface area contributed by atoms with Crippen molar-refractivity contribution in [2.45, 2.75) is 25.3 Å². The van der Waals surface area contributed by atoms with Crippen molar-refractivity contribution in [1.29, 1.82) is 0 Å². The Morgan fingerprint density at radius 2 is 2.24 bits per heavy atom. The van der Waals surface area contributed by atoms with Gasteiger partial charge in [-0.25, -0.2) is 0 Å². The molecule has 1 aromatic carbocycles. The molecule has 1 aliphatic rings. The molecule has 2 aromatic rings. The molecule has 0 amide bonds. The van der Waals surface area contributed by atoms with Crippen LogP contribution >= 0.6 is 0 Å². The Labute approximate surface area is 101 Å². The Morgan fingerprint density at radius 1 is 1.41 bits per heavy atom. The summed E-state index contributed by atoms with van der Waals surface area (Å²) in [6.07, 6.45) is 5.46. The maximum Gasteiger partial charge on any atom is 0.0929 e. The highest BCUT2D eigenvalue weighted by Gasteiger charge is 2.16. The van der Waals surface area contributed by atoms with E-state index >= 15 is 0 Å². The Balaban J connectivity index is 2.06. The molecule has 1 aliphatic carbocycles. The third-order valence-electron chi connectivity index (χ3n) is 3.49. The number of hydrogen-bond acceptors (Lipinski definition) is 2. The van der Waals surface area contributed by atoms with E-state index in [4.69, 9.17) is 5.73 Å². The van der Waals surface area contributed by atoms with Crippen LogP contribution in [0.4, 0.5) is 0 Å². The van der Waals surface area contributed by atoms with Crippen LogP contribution in [0.2, 0.25) is 0 Å². The third kappa shape index (κ3) is 1.87. The average molecular weight is 227 g/mol. The highest BCUT2D eigenvalue weighted by Crippen LogP contribution is 2.27. The molecule has 1 unspecified atom stereocenters. The molecular formula is C14H17N3. The Hall–Kier alpha value is -1.61. The predicted octanol–water partition coefficient (Wildman–Crippen LogP) is 2.47. The smallest absolute Gasteiger partial charge is 0.0929 e. The van der Waals surface area contributed by atoms with Crippen molar-refractivity contribution in [3.8, 4) is 0 Å². The fourth-order valence-corrected chi connectivity index (χ4v) is 2.58. The van der Waals surface area contributed by atoms with Crippen LogP contribution in [0.5, 0.6) is 0 Å². The zero-order valence-electron chi connectivity index (χ0n) is 10.1. The summed E-state index contributed by atoms with van der Waals surface area (Å²) in [6.45, 7) is 0. The Kier molecular flexibility index (Phi) is 2.48. The molecule has 0 radical (unpaired) electrons. The van der Waals surface area contributed by atoms with E-state index in [2.05, 4.69) is 29.4 Å². The van der Waals surface area contributed by atoms with Crippen molar-refractivity contribution < 1.29 is 0 Å². The summed E-state index contributed by atoms with van der Waals surface area (Å²) in [5, 5.41) is 5.80. The fraction of sp³-hybridized carbons (Fsp3) is 0.357. The lowest BCUT2D eigenvalue weighted by Crippen LogP contribution is -2.13. The van der Waals surface area contributed by atoms with E-state index in [0.717, 1.165) is 25.0 Å². The van der Waals surface area contributed by atoms with E-state index in [1.54, 1.807) is 0 Å². The first-order chi connectivity index (χ1) is 8.24. The van der Waals surface area contributed by atoms with Gasteiger partial charge >= 0.3 is 0 Å². The van der Waals surface area contributed by atoms with Crippen LogP contribution in [-0.4, -0.2) is 15.8 Å². The van der Waals surface area contributed by atoms with Gasteiger partial charge in [0.1, 0.15) is 0 Å². The van der Waals surface area contributed by atoms with Crippen molar-refractivity contribution in [2.24, 2.45) is 12.8 Å². The summed E-state index contributed by atoms with van der Waals surface area (Å²) in [5.74, 6) is 0. The van der Waals surface area contributed by atoms with Gasteiger partial charge < -0.3 is 5.73 Å². The second-order valence-electron chi connectivity index (χ2n) is 4.83. The van der Waals surface area contributed by atoms with Gasteiger partial charge in [0.05, 0.1) is 11.2 Å². The van der Waals surface area contributed by atoms with Gasteiger partial charge in [0.25, 0.3) is 0 Å².